The highest BCUT2D eigenvalue weighted by Crippen LogP contribution is 2.72. The Kier molecular flexibility index (Phi) is 2.47. The number of aliphatic hydroxyl groups excluding tert-OH is 1. The van der Waals surface area contributed by atoms with Crippen LogP contribution in [0.25, 0.3) is 0 Å². The molecule has 0 amide bonds. The maximum absolute atomic E-state index is 10.5. The molecule has 1 aromatic rings. The highest BCUT2D eigenvalue weighted by atomic mass is 79.9. The Morgan fingerprint density at radius 2 is 2.00 bits per heavy atom. The van der Waals surface area contributed by atoms with E-state index in [1.807, 2.05) is 6.07 Å². The van der Waals surface area contributed by atoms with Crippen molar-refractivity contribution in [3.63, 3.8) is 0 Å². The van der Waals surface area contributed by atoms with Crippen LogP contribution in [0.3, 0.4) is 0 Å². The second-order valence-corrected chi connectivity index (χ2v) is 8.59. The molecule has 5 unspecified atom stereocenters. The third kappa shape index (κ3) is 1.52. The second-order valence-electron chi connectivity index (χ2n) is 5.78. The van der Waals surface area contributed by atoms with E-state index in [9.17, 15) is 5.11 Å². The smallest absolute Gasteiger partial charge is 0.0916 e. The Labute approximate surface area is 118 Å². The number of aliphatic hydroxyl groups is 1. The van der Waals surface area contributed by atoms with Gasteiger partial charge >= 0.3 is 0 Å². The molecule has 0 saturated heterocycles. The van der Waals surface area contributed by atoms with Crippen LogP contribution in [0.4, 0.5) is 0 Å². The summed E-state index contributed by atoms with van der Waals surface area (Å²) >= 11 is 11.1. The fraction of sp³-hybridized carbons (Fsp3) is 0.692. The van der Waals surface area contributed by atoms with E-state index in [1.165, 1.54) is 19.3 Å². The first kappa shape index (κ1) is 11.3. The first-order chi connectivity index (χ1) is 8.16. The van der Waals surface area contributed by atoms with E-state index < -0.39 is 0 Å². The number of halogens is 2. The first-order valence-corrected chi connectivity index (χ1v) is 8.28. The molecule has 3 saturated carbocycles. The van der Waals surface area contributed by atoms with Gasteiger partial charge in [-0.3, -0.25) is 0 Å². The van der Waals surface area contributed by atoms with Gasteiger partial charge in [-0.2, -0.15) is 0 Å². The fourth-order valence-electron chi connectivity index (χ4n) is 4.51. The Balaban J connectivity index is 1.57. The summed E-state index contributed by atoms with van der Waals surface area (Å²) in [5.41, 5.74) is 0. The Morgan fingerprint density at radius 3 is 2.53 bits per heavy atom. The van der Waals surface area contributed by atoms with Crippen molar-refractivity contribution in [1.82, 2.24) is 0 Å². The largest absolute Gasteiger partial charge is 0.387 e. The molecular weight excluding hydrogens is 320 g/mol. The minimum atomic E-state index is -0.276. The normalized spacial score (nSPS) is 43.8. The number of fused-ring (bicyclic) bond motifs is 5. The molecule has 1 nitrogen and oxygen atoms in total. The van der Waals surface area contributed by atoms with Gasteiger partial charge in [0.2, 0.25) is 0 Å². The SMILES string of the molecule is OC(c1cc(Cl)c(Br)s1)C1C2C3CCC(C3)C21. The van der Waals surface area contributed by atoms with Crippen LogP contribution in [0.1, 0.15) is 30.2 Å². The second kappa shape index (κ2) is 3.72. The molecule has 3 fully saturated rings. The van der Waals surface area contributed by atoms with Crippen LogP contribution in [0.5, 0.6) is 0 Å². The summed E-state index contributed by atoms with van der Waals surface area (Å²) in [5.74, 6) is 4.02. The number of rotatable bonds is 2. The number of thiophene rings is 1. The molecule has 4 rings (SSSR count). The highest BCUT2D eigenvalue weighted by molar-refractivity contribution is 9.11. The molecule has 0 radical (unpaired) electrons. The molecule has 0 aromatic carbocycles. The van der Waals surface area contributed by atoms with E-state index in [-0.39, 0.29) is 6.10 Å². The molecule has 17 heavy (non-hydrogen) atoms. The van der Waals surface area contributed by atoms with E-state index in [4.69, 9.17) is 11.6 Å². The lowest BCUT2D eigenvalue weighted by Crippen LogP contribution is -2.06. The standard InChI is InChI=1S/C13H14BrClOS/c14-13-7(15)4-8(17-13)12(16)11-9-5-1-2-6(3-5)10(9)11/h4-6,9-12,16H,1-3H2. The highest BCUT2D eigenvalue weighted by Gasteiger charge is 2.66. The summed E-state index contributed by atoms with van der Waals surface area (Å²) in [5, 5.41) is 11.2. The molecule has 5 atom stereocenters. The summed E-state index contributed by atoms with van der Waals surface area (Å²) in [7, 11) is 0. The summed E-state index contributed by atoms with van der Waals surface area (Å²) in [6.07, 6.45) is 3.98. The zero-order chi connectivity index (χ0) is 11.7. The monoisotopic (exact) mass is 332 g/mol. The maximum Gasteiger partial charge on any atom is 0.0916 e. The van der Waals surface area contributed by atoms with Crippen molar-refractivity contribution in [2.24, 2.45) is 29.6 Å². The molecule has 1 heterocycles. The fourth-order valence-corrected chi connectivity index (χ4v) is 6.30. The van der Waals surface area contributed by atoms with Gasteiger partial charge in [-0.15, -0.1) is 11.3 Å². The minimum Gasteiger partial charge on any atom is -0.387 e. The lowest BCUT2D eigenvalue weighted by atomic mass is 9.98. The van der Waals surface area contributed by atoms with Crippen molar-refractivity contribution in [2.75, 3.05) is 0 Å². The minimum absolute atomic E-state index is 0.276. The topological polar surface area (TPSA) is 20.2 Å². The number of hydrogen-bond donors (Lipinski definition) is 1. The van der Waals surface area contributed by atoms with Gasteiger partial charge in [-0.1, -0.05) is 11.6 Å². The Bertz CT molecular complexity index is 438. The van der Waals surface area contributed by atoms with Crippen LogP contribution in [-0.4, -0.2) is 5.11 Å². The van der Waals surface area contributed by atoms with Gasteiger partial charge in [0.25, 0.3) is 0 Å². The van der Waals surface area contributed by atoms with Gasteiger partial charge < -0.3 is 5.11 Å². The van der Waals surface area contributed by atoms with Crippen molar-refractivity contribution in [3.8, 4) is 0 Å². The molecule has 3 aliphatic carbocycles. The van der Waals surface area contributed by atoms with Gasteiger partial charge in [0.15, 0.2) is 0 Å². The zero-order valence-corrected chi connectivity index (χ0v) is 12.4. The third-order valence-corrected chi connectivity index (χ3v) is 7.66. The van der Waals surface area contributed by atoms with Crippen LogP contribution < -0.4 is 0 Å². The van der Waals surface area contributed by atoms with Gasteiger partial charge in [0.1, 0.15) is 0 Å². The lowest BCUT2D eigenvalue weighted by molar-refractivity contribution is 0.133. The molecule has 92 valence electrons. The van der Waals surface area contributed by atoms with E-state index in [0.29, 0.717) is 5.92 Å². The predicted octanol–water partition coefficient (Wildman–Crippen LogP) is 4.49. The van der Waals surface area contributed by atoms with E-state index >= 15 is 0 Å². The van der Waals surface area contributed by atoms with Crippen LogP contribution in [-0.2, 0) is 0 Å². The molecule has 2 bridgehead atoms. The van der Waals surface area contributed by atoms with Crippen LogP contribution in [0.15, 0.2) is 9.85 Å². The summed E-state index contributed by atoms with van der Waals surface area (Å²) in [4.78, 5) is 1.04. The van der Waals surface area contributed by atoms with E-state index in [2.05, 4.69) is 15.9 Å². The van der Waals surface area contributed by atoms with Crippen molar-refractivity contribution in [2.45, 2.75) is 25.4 Å². The molecule has 1 aromatic heterocycles. The third-order valence-electron chi connectivity index (χ3n) is 5.12. The quantitative estimate of drug-likeness (QED) is 0.845. The first-order valence-electron chi connectivity index (χ1n) is 6.29. The van der Waals surface area contributed by atoms with Crippen LogP contribution in [0, 0.1) is 29.6 Å². The van der Waals surface area contributed by atoms with E-state index in [1.54, 1.807) is 11.3 Å². The molecule has 1 N–H and O–H groups in total. The summed E-state index contributed by atoms with van der Waals surface area (Å²) < 4.78 is 0.946. The number of hydrogen-bond acceptors (Lipinski definition) is 2. The van der Waals surface area contributed by atoms with Crippen LogP contribution >= 0.6 is 38.9 Å². The van der Waals surface area contributed by atoms with Crippen molar-refractivity contribution >= 4 is 38.9 Å². The Morgan fingerprint density at radius 1 is 1.35 bits per heavy atom. The molecule has 0 aliphatic heterocycles. The van der Waals surface area contributed by atoms with Gasteiger partial charge in [0.05, 0.1) is 14.9 Å². The van der Waals surface area contributed by atoms with Crippen molar-refractivity contribution in [1.29, 1.82) is 0 Å². The average molecular weight is 334 g/mol. The summed E-state index contributed by atoms with van der Waals surface area (Å²) in [6.45, 7) is 0. The molecule has 4 heteroatoms. The lowest BCUT2D eigenvalue weighted by Gasteiger charge is -2.13. The molecule has 3 aliphatic rings. The summed E-state index contributed by atoms with van der Waals surface area (Å²) in [6, 6.07) is 1.93. The average Bonchev–Trinajstić information content (AvgIpc) is 2.60. The van der Waals surface area contributed by atoms with E-state index in [0.717, 1.165) is 37.4 Å². The van der Waals surface area contributed by atoms with Gasteiger partial charge in [-0.25, -0.2) is 0 Å². The predicted molar refractivity (Wildman–Crippen MR) is 73.3 cm³/mol. The molecule has 0 spiro atoms. The maximum atomic E-state index is 10.5. The molecular formula is C13H14BrClOS. The van der Waals surface area contributed by atoms with Crippen LogP contribution in [0.2, 0.25) is 5.02 Å². The van der Waals surface area contributed by atoms with Crippen molar-refractivity contribution < 1.29 is 5.11 Å². The Hall–Kier alpha value is 0.430. The van der Waals surface area contributed by atoms with Gasteiger partial charge in [-0.05, 0) is 70.8 Å². The van der Waals surface area contributed by atoms with Crippen molar-refractivity contribution in [3.05, 3.63) is 19.8 Å². The zero-order valence-electron chi connectivity index (χ0n) is 9.27. The van der Waals surface area contributed by atoms with Gasteiger partial charge in [0, 0.05) is 4.88 Å².